The number of aryl methyl sites for hydroxylation is 1. The Balaban J connectivity index is 1.78. The van der Waals surface area contributed by atoms with E-state index >= 15 is 0 Å². The van der Waals surface area contributed by atoms with E-state index in [4.69, 9.17) is 0 Å². The third-order valence-corrected chi connectivity index (χ3v) is 7.81. The van der Waals surface area contributed by atoms with Gasteiger partial charge in [0.25, 0.3) is 0 Å². The van der Waals surface area contributed by atoms with Crippen LogP contribution >= 0.6 is 0 Å². The maximum atomic E-state index is 13.4. The quantitative estimate of drug-likeness (QED) is 0.812. The zero-order valence-electron chi connectivity index (χ0n) is 15.8. The standard InChI is InChI=1S/C22H25NO3S/c1-17-8-10-20(11-9-17)27(25,26)23-15-21(2)12-19(24)13-22(14-21,16-23)18-6-4-3-5-7-18/h3-11H,12-16H2,1-2H3. The molecule has 0 aromatic heterocycles. The van der Waals surface area contributed by atoms with E-state index in [9.17, 15) is 13.2 Å². The number of carbonyl (C=O) groups excluding carboxylic acids is 1. The van der Waals surface area contributed by atoms with Crippen LogP contribution in [0.15, 0.2) is 59.5 Å². The minimum atomic E-state index is -3.60. The van der Waals surface area contributed by atoms with E-state index in [1.165, 1.54) is 0 Å². The van der Waals surface area contributed by atoms with Crippen molar-refractivity contribution in [1.82, 2.24) is 4.31 Å². The van der Waals surface area contributed by atoms with Gasteiger partial charge >= 0.3 is 0 Å². The average molecular weight is 384 g/mol. The molecule has 2 aromatic rings. The second kappa shape index (κ2) is 6.28. The molecule has 1 heterocycles. The summed E-state index contributed by atoms with van der Waals surface area (Å²) in [4.78, 5) is 12.9. The zero-order chi connectivity index (χ0) is 19.3. The largest absolute Gasteiger partial charge is 0.300 e. The number of rotatable bonds is 3. The fraction of sp³-hybridized carbons (Fsp3) is 0.409. The molecule has 0 amide bonds. The minimum absolute atomic E-state index is 0.236. The Labute approximate surface area is 161 Å². The number of hydrogen-bond acceptors (Lipinski definition) is 3. The van der Waals surface area contributed by atoms with Gasteiger partial charge in [-0.2, -0.15) is 4.31 Å². The van der Waals surface area contributed by atoms with Crippen LogP contribution in [-0.4, -0.2) is 31.6 Å². The van der Waals surface area contributed by atoms with Crippen molar-refractivity contribution in [3.8, 4) is 0 Å². The third kappa shape index (κ3) is 3.23. The Morgan fingerprint density at radius 1 is 0.926 bits per heavy atom. The van der Waals surface area contributed by atoms with E-state index in [1.807, 2.05) is 49.4 Å². The summed E-state index contributed by atoms with van der Waals surface area (Å²) >= 11 is 0. The van der Waals surface area contributed by atoms with E-state index in [1.54, 1.807) is 16.4 Å². The van der Waals surface area contributed by atoms with Crippen LogP contribution in [-0.2, 0) is 20.2 Å². The van der Waals surface area contributed by atoms with Gasteiger partial charge in [-0.05, 0) is 36.5 Å². The molecular formula is C22H25NO3S. The molecule has 1 aliphatic heterocycles. The number of carbonyl (C=O) groups is 1. The van der Waals surface area contributed by atoms with Crippen molar-refractivity contribution < 1.29 is 13.2 Å². The molecule has 0 spiro atoms. The fourth-order valence-electron chi connectivity index (χ4n) is 5.02. The first-order chi connectivity index (χ1) is 12.7. The first kappa shape index (κ1) is 18.4. The molecule has 1 aliphatic carbocycles. The molecule has 1 saturated heterocycles. The summed E-state index contributed by atoms with van der Waals surface area (Å²) in [5.74, 6) is 0.236. The van der Waals surface area contributed by atoms with Crippen molar-refractivity contribution in [3.63, 3.8) is 0 Å². The van der Waals surface area contributed by atoms with Gasteiger partial charge in [-0.1, -0.05) is 55.0 Å². The van der Waals surface area contributed by atoms with Gasteiger partial charge in [-0.3, -0.25) is 4.79 Å². The molecule has 1 saturated carbocycles. The van der Waals surface area contributed by atoms with Crippen molar-refractivity contribution >= 4 is 15.8 Å². The summed E-state index contributed by atoms with van der Waals surface area (Å²) in [6.45, 7) is 4.75. The second-order valence-electron chi connectivity index (χ2n) is 8.61. The SMILES string of the molecule is Cc1ccc(S(=O)(=O)N2CC3(C)CC(=O)CC(c4ccccc4)(C2)C3)cc1. The fourth-order valence-corrected chi connectivity index (χ4v) is 6.69. The number of ketones is 1. The van der Waals surface area contributed by atoms with Crippen molar-refractivity contribution in [3.05, 3.63) is 65.7 Å². The maximum absolute atomic E-state index is 13.4. The molecule has 2 bridgehead atoms. The van der Waals surface area contributed by atoms with Crippen LogP contribution in [0.5, 0.6) is 0 Å². The van der Waals surface area contributed by atoms with Crippen LogP contribution in [0.4, 0.5) is 0 Å². The smallest absolute Gasteiger partial charge is 0.243 e. The summed E-state index contributed by atoms with van der Waals surface area (Å²) in [5, 5.41) is 0. The van der Waals surface area contributed by atoms with Gasteiger partial charge in [0.15, 0.2) is 0 Å². The van der Waals surface area contributed by atoms with Crippen molar-refractivity contribution in [1.29, 1.82) is 0 Å². The molecule has 2 aromatic carbocycles. The lowest BCUT2D eigenvalue weighted by atomic mass is 9.57. The van der Waals surface area contributed by atoms with Gasteiger partial charge in [0, 0.05) is 31.3 Å². The van der Waals surface area contributed by atoms with Crippen LogP contribution < -0.4 is 0 Å². The highest BCUT2D eigenvalue weighted by Gasteiger charge is 2.54. The highest BCUT2D eigenvalue weighted by Crippen LogP contribution is 2.51. The van der Waals surface area contributed by atoms with E-state index in [0.717, 1.165) is 17.5 Å². The molecule has 27 heavy (non-hydrogen) atoms. The molecule has 2 fully saturated rings. The van der Waals surface area contributed by atoms with Gasteiger partial charge in [0.05, 0.1) is 4.90 Å². The minimum Gasteiger partial charge on any atom is -0.300 e. The lowest BCUT2D eigenvalue weighted by Gasteiger charge is -2.53. The maximum Gasteiger partial charge on any atom is 0.243 e. The molecule has 142 valence electrons. The van der Waals surface area contributed by atoms with Crippen molar-refractivity contribution in [2.24, 2.45) is 5.41 Å². The molecule has 2 atom stereocenters. The lowest BCUT2D eigenvalue weighted by molar-refractivity contribution is -0.129. The highest BCUT2D eigenvalue weighted by molar-refractivity contribution is 7.89. The number of nitrogens with zero attached hydrogens (tertiary/aromatic N) is 1. The summed E-state index contributed by atoms with van der Waals surface area (Å²) in [6, 6.07) is 17.0. The first-order valence-electron chi connectivity index (χ1n) is 9.37. The summed E-state index contributed by atoms with van der Waals surface area (Å²) < 4.78 is 28.3. The normalized spacial score (nSPS) is 28.9. The van der Waals surface area contributed by atoms with Crippen LogP contribution in [0.25, 0.3) is 0 Å². The molecular weight excluding hydrogens is 358 g/mol. The molecule has 0 radical (unpaired) electrons. The van der Waals surface area contributed by atoms with Gasteiger partial charge in [0.2, 0.25) is 10.0 Å². The summed E-state index contributed by atoms with van der Waals surface area (Å²) in [7, 11) is -3.60. The monoisotopic (exact) mass is 383 g/mol. The Bertz CT molecular complexity index is 968. The van der Waals surface area contributed by atoms with Crippen molar-refractivity contribution in [2.75, 3.05) is 13.1 Å². The predicted molar refractivity (Wildman–Crippen MR) is 105 cm³/mol. The number of piperidine rings is 1. The third-order valence-electron chi connectivity index (χ3n) is 6.01. The van der Waals surface area contributed by atoms with Gasteiger partial charge < -0.3 is 0 Å². The molecule has 2 unspecified atom stereocenters. The van der Waals surface area contributed by atoms with E-state index < -0.39 is 15.4 Å². The number of Topliss-reactive ketones (excluding diaryl/α,β-unsaturated/α-hetero) is 1. The topological polar surface area (TPSA) is 54.5 Å². The Morgan fingerprint density at radius 3 is 2.26 bits per heavy atom. The summed E-state index contributed by atoms with van der Waals surface area (Å²) in [6.07, 6.45) is 1.70. The molecule has 4 rings (SSSR count). The van der Waals surface area contributed by atoms with E-state index in [-0.39, 0.29) is 11.2 Å². The van der Waals surface area contributed by atoms with E-state index in [2.05, 4.69) is 6.92 Å². The van der Waals surface area contributed by atoms with Gasteiger partial charge in [0.1, 0.15) is 5.78 Å². The Hall–Kier alpha value is -1.98. The molecule has 0 N–H and O–H groups in total. The van der Waals surface area contributed by atoms with Crippen LogP contribution in [0.3, 0.4) is 0 Å². The van der Waals surface area contributed by atoms with Crippen LogP contribution in [0.2, 0.25) is 0 Å². The predicted octanol–water partition coefficient (Wildman–Crippen LogP) is 3.70. The van der Waals surface area contributed by atoms with Crippen molar-refractivity contribution in [2.45, 2.75) is 43.4 Å². The Morgan fingerprint density at radius 2 is 1.59 bits per heavy atom. The lowest BCUT2D eigenvalue weighted by Crippen LogP contribution is -2.59. The van der Waals surface area contributed by atoms with Crippen LogP contribution in [0, 0.1) is 12.3 Å². The highest BCUT2D eigenvalue weighted by atomic mass is 32.2. The first-order valence-corrected chi connectivity index (χ1v) is 10.8. The average Bonchev–Trinajstić information content (AvgIpc) is 2.61. The van der Waals surface area contributed by atoms with Gasteiger partial charge in [-0.15, -0.1) is 0 Å². The van der Waals surface area contributed by atoms with Gasteiger partial charge in [-0.25, -0.2) is 8.42 Å². The number of fused-ring (bicyclic) bond motifs is 2. The number of hydrogen-bond donors (Lipinski definition) is 0. The van der Waals surface area contributed by atoms with E-state index in [0.29, 0.717) is 30.8 Å². The second-order valence-corrected chi connectivity index (χ2v) is 10.6. The molecule has 2 aliphatic rings. The zero-order valence-corrected chi connectivity index (χ0v) is 16.6. The van der Waals surface area contributed by atoms with Crippen LogP contribution in [0.1, 0.15) is 37.3 Å². The molecule has 5 heteroatoms. The summed E-state index contributed by atoms with van der Waals surface area (Å²) in [5.41, 5.74) is 1.32. The number of benzene rings is 2. The number of sulfonamides is 1. The molecule has 4 nitrogen and oxygen atoms in total. The Kier molecular flexibility index (Phi) is 4.28.